The fourth-order valence-corrected chi connectivity index (χ4v) is 2.08. The molecule has 1 aliphatic heterocycles. The second kappa shape index (κ2) is 6.29. The normalized spacial score (nSPS) is 17.2. The van der Waals surface area contributed by atoms with Crippen molar-refractivity contribution in [2.45, 2.75) is 0 Å². The number of oxime groups is 1. The maximum Gasteiger partial charge on any atom is 0.255 e. The van der Waals surface area contributed by atoms with E-state index in [1.807, 2.05) is 4.90 Å². The Bertz CT molecular complexity index is 514. The maximum atomic E-state index is 13.0. The van der Waals surface area contributed by atoms with Gasteiger partial charge >= 0.3 is 0 Å². The number of carbonyl (C=O) groups is 1. The number of hydrogen-bond donors (Lipinski definition) is 2. The van der Waals surface area contributed by atoms with Crippen LogP contribution in [0.15, 0.2) is 23.6 Å². The molecule has 0 bridgehead atoms. The van der Waals surface area contributed by atoms with Gasteiger partial charge in [0.25, 0.3) is 5.91 Å². The van der Waals surface area contributed by atoms with Crippen molar-refractivity contribution in [3.8, 4) is 0 Å². The molecular weight excluding hydrogens is 265 g/mol. The fourth-order valence-electron chi connectivity index (χ4n) is 2.08. The molecule has 1 saturated heterocycles. The number of piperazine rings is 1. The van der Waals surface area contributed by atoms with Crippen LogP contribution in [0, 0.1) is 5.82 Å². The van der Waals surface area contributed by atoms with E-state index in [9.17, 15) is 9.18 Å². The van der Waals surface area contributed by atoms with Gasteiger partial charge < -0.3 is 15.8 Å². The number of nitrogens with two attached hydrogens (primary N) is 1. The van der Waals surface area contributed by atoms with Crippen molar-refractivity contribution in [3.63, 3.8) is 0 Å². The lowest BCUT2D eigenvalue weighted by molar-refractivity contribution is 0.0652. The van der Waals surface area contributed by atoms with Crippen LogP contribution in [0.2, 0.25) is 0 Å². The largest absolute Gasteiger partial charge is 0.409 e. The summed E-state index contributed by atoms with van der Waals surface area (Å²) in [7, 11) is 0. The predicted molar refractivity (Wildman–Crippen MR) is 69.9 cm³/mol. The molecule has 2 heterocycles. The van der Waals surface area contributed by atoms with Gasteiger partial charge in [0.1, 0.15) is 5.82 Å². The van der Waals surface area contributed by atoms with Gasteiger partial charge in [-0.25, -0.2) is 4.39 Å². The van der Waals surface area contributed by atoms with Gasteiger partial charge in [0.05, 0.1) is 18.3 Å². The summed E-state index contributed by atoms with van der Waals surface area (Å²) in [4.78, 5) is 19.4. The zero-order valence-corrected chi connectivity index (χ0v) is 10.9. The quantitative estimate of drug-likeness (QED) is 0.344. The molecule has 20 heavy (non-hydrogen) atoms. The third-order valence-electron chi connectivity index (χ3n) is 3.13. The molecule has 0 atom stereocenters. The molecule has 8 heteroatoms. The van der Waals surface area contributed by atoms with Gasteiger partial charge in [-0.1, -0.05) is 5.16 Å². The molecule has 0 spiro atoms. The van der Waals surface area contributed by atoms with E-state index in [0.29, 0.717) is 32.7 Å². The van der Waals surface area contributed by atoms with E-state index in [4.69, 9.17) is 10.9 Å². The summed E-state index contributed by atoms with van der Waals surface area (Å²) >= 11 is 0. The molecule has 1 amide bonds. The Balaban J connectivity index is 1.92. The standard InChI is InChI=1S/C12H16FN5O2/c13-10-5-9(6-15-7-10)12(19)18-3-1-17(2-4-18)8-11(14)16-20/h5-7,20H,1-4,8H2,(H2,14,16). The Morgan fingerprint density at radius 2 is 2.10 bits per heavy atom. The highest BCUT2D eigenvalue weighted by molar-refractivity contribution is 5.94. The summed E-state index contributed by atoms with van der Waals surface area (Å²) in [5.41, 5.74) is 5.68. The number of amides is 1. The Morgan fingerprint density at radius 1 is 1.40 bits per heavy atom. The van der Waals surface area contributed by atoms with E-state index in [-0.39, 0.29) is 17.3 Å². The van der Waals surface area contributed by atoms with Crippen LogP contribution in [0.25, 0.3) is 0 Å². The van der Waals surface area contributed by atoms with Gasteiger partial charge in [-0.2, -0.15) is 0 Å². The van der Waals surface area contributed by atoms with Crippen molar-refractivity contribution in [2.24, 2.45) is 10.9 Å². The lowest BCUT2D eigenvalue weighted by Gasteiger charge is -2.34. The molecule has 0 aromatic carbocycles. The van der Waals surface area contributed by atoms with Gasteiger partial charge in [0, 0.05) is 32.4 Å². The molecule has 1 aromatic heterocycles. The van der Waals surface area contributed by atoms with Gasteiger partial charge in [-0.3, -0.25) is 14.7 Å². The minimum Gasteiger partial charge on any atom is -0.409 e. The predicted octanol–water partition coefficient (Wildman–Crippen LogP) is -0.275. The minimum absolute atomic E-state index is 0.138. The Hall–Kier alpha value is -2.22. The Kier molecular flexibility index (Phi) is 4.46. The molecule has 1 fully saturated rings. The zero-order chi connectivity index (χ0) is 14.5. The van der Waals surface area contributed by atoms with E-state index >= 15 is 0 Å². The molecule has 1 aromatic rings. The average molecular weight is 281 g/mol. The van der Waals surface area contributed by atoms with Crippen LogP contribution in [0.5, 0.6) is 0 Å². The number of nitrogens with zero attached hydrogens (tertiary/aromatic N) is 4. The number of rotatable bonds is 3. The summed E-state index contributed by atoms with van der Waals surface area (Å²) in [6, 6.07) is 1.18. The van der Waals surface area contributed by atoms with Gasteiger partial charge in [0.2, 0.25) is 0 Å². The van der Waals surface area contributed by atoms with Crippen molar-refractivity contribution in [1.82, 2.24) is 14.8 Å². The molecule has 2 rings (SSSR count). The summed E-state index contributed by atoms with van der Waals surface area (Å²) in [5.74, 6) is -0.624. The van der Waals surface area contributed by atoms with E-state index in [0.717, 1.165) is 6.20 Å². The fraction of sp³-hybridized carbons (Fsp3) is 0.417. The first-order chi connectivity index (χ1) is 9.60. The molecule has 0 radical (unpaired) electrons. The van der Waals surface area contributed by atoms with Crippen molar-refractivity contribution >= 4 is 11.7 Å². The first-order valence-electron chi connectivity index (χ1n) is 6.18. The molecule has 0 aliphatic carbocycles. The number of amidine groups is 1. The summed E-state index contributed by atoms with van der Waals surface area (Å²) in [6.07, 6.45) is 2.42. The van der Waals surface area contributed by atoms with Crippen LogP contribution in [-0.2, 0) is 0 Å². The molecule has 0 unspecified atom stereocenters. The highest BCUT2D eigenvalue weighted by Gasteiger charge is 2.22. The van der Waals surface area contributed by atoms with Crippen molar-refractivity contribution in [3.05, 3.63) is 29.8 Å². The second-order valence-electron chi connectivity index (χ2n) is 4.55. The van der Waals surface area contributed by atoms with Crippen LogP contribution in [0.3, 0.4) is 0 Å². The van der Waals surface area contributed by atoms with Crippen LogP contribution in [-0.4, -0.2) is 64.5 Å². The van der Waals surface area contributed by atoms with Crippen molar-refractivity contribution in [2.75, 3.05) is 32.7 Å². The first kappa shape index (κ1) is 14.2. The summed E-state index contributed by atoms with van der Waals surface area (Å²) < 4.78 is 13.0. The Labute approximate surface area is 115 Å². The van der Waals surface area contributed by atoms with Gasteiger partial charge in [-0.05, 0) is 6.07 Å². The first-order valence-corrected chi connectivity index (χ1v) is 6.18. The number of halogens is 1. The third kappa shape index (κ3) is 3.41. The lowest BCUT2D eigenvalue weighted by Crippen LogP contribution is -2.50. The van der Waals surface area contributed by atoms with Crippen molar-refractivity contribution in [1.29, 1.82) is 0 Å². The van der Waals surface area contributed by atoms with Crippen LogP contribution in [0.4, 0.5) is 4.39 Å². The second-order valence-corrected chi connectivity index (χ2v) is 4.55. The van der Waals surface area contributed by atoms with E-state index in [2.05, 4.69) is 10.1 Å². The van der Waals surface area contributed by atoms with Crippen molar-refractivity contribution < 1.29 is 14.4 Å². The molecule has 108 valence electrons. The molecule has 1 aliphatic rings. The molecular formula is C12H16FN5O2. The summed E-state index contributed by atoms with van der Waals surface area (Å²) in [5, 5.41) is 11.4. The molecule has 3 N–H and O–H groups in total. The highest BCUT2D eigenvalue weighted by atomic mass is 19.1. The van der Waals surface area contributed by atoms with Crippen LogP contribution in [0.1, 0.15) is 10.4 Å². The minimum atomic E-state index is -0.526. The number of carbonyl (C=O) groups excluding carboxylic acids is 1. The topological polar surface area (TPSA) is 95.0 Å². The average Bonchev–Trinajstić information content (AvgIpc) is 2.47. The van der Waals surface area contributed by atoms with E-state index in [1.165, 1.54) is 12.3 Å². The van der Waals surface area contributed by atoms with E-state index < -0.39 is 5.82 Å². The van der Waals surface area contributed by atoms with Gasteiger partial charge in [-0.15, -0.1) is 0 Å². The van der Waals surface area contributed by atoms with E-state index in [1.54, 1.807) is 4.90 Å². The van der Waals surface area contributed by atoms with Crippen LogP contribution < -0.4 is 5.73 Å². The number of pyridine rings is 1. The molecule has 7 nitrogen and oxygen atoms in total. The number of hydrogen-bond acceptors (Lipinski definition) is 5. The number of aromatic nitrogens is 1. The van der Waals surface area contributed by atoms with Crippen LogP contribution >= 0.6 is 0 Å². The SMILES string of the molecule is N/C(CN1CCN(C(=O)c2cncc(F)c2)CC1)=N/O. The zero-order valence-electron chi connectivity index (χ0n) is 10.9. The third-order valence-corrected chi connectivity index (χ3v) is 3.13. The summed E-state index contributed by atoms with van der Waals surface area (Å²) in [6.45, 7) is 2.61. The molecule has 0 saturated carbocycles. The Morgan fingerprint density at radius 3 is 2.70 bits per heavy atom. The highest BCUT2D eigenvalue weighted by Crippen LogP contribution is 2.09. The monoisotopic (exact) mass is 281 g/mol. The smallest absolute Gasteiger partial charge is 0.255 e. The maximum absolute atomic E-state index is 13.0. The van der Waals surface area contributed by atoms with Gasteiger partial charge in [0.15, 0.2) is 5.84 Å². The lowest BCUT2D eigenvalue weighted by atomic mass is 10.2.